The first-order valence-corrected chi connectivity index (χ1v) is 45.6. The summed E-state index contributed by atoms with van der Waals surface area (Å²) in [6.07, 6.45) is 11.4. The Balaban J connectivity index is 0.000000109. The first-order valence-electron chi connectivity index (χ1n) is 45.6. The molecule has 0 saturated heterocycles. The van der Waals surface area contributed by atoms with Crippen LogP contribution in [0.15, 0.2) is 340 Å². The van der Waals surface area contributed by atoms with Gasteiger partial charge in [0, 0.05) is 21.7 Å². The van der Waals surface area contributed by atoms with E-state index in [0.717, 1.165) is 11.1 Å². The molecule has 0 N–H and O–H groups in total. The van der Waals surface area contributed by atoms with E-state index in [1.54, 1.807) is 28.8 Å². The number of hydrogen-bond acceptors (Lipinski definition) is 0. The molecule has 0 nitrogen and oxygen atoms in total. The summed E-state index contributed by atoms with van der Waals surface area (Å²) in [6.45, 7) is 20.8. The second-order valence-corrected chi connectivity index (χ2v) is 38.4. The molecule has 1 spiro atoms. The van der Waals surface area contributed by atoms with Crippen LogP contribution < -0.4 is 0 Å². The largest absolute Gasteiger partial charge is 0.207 e. The minimum absolute atomic E-state index is 0.0213. The maximum Gasteiger partial charge on any atom is 0.123 e. The molecule has 6 aliphatic carbocycles. The van der Waals surface area contributed by atoms with Gasteiger partial charge < -0.3 is 0 Å². The van der Waals surface area contributed by atoms with Crippen molar-refractivity contribution in [3.63, 3.8) is 0 Å². The number of hydrogen-bond donors (Lipinski definition) is 0. The summed E-state index contributed by atoms with van der Waals surface area (Å²) < 4.78 is 13.8. The zero-order valence-electron chi connectivity index (χ0n) is 73.1. The Hall–Kier alpha value is -13.3. The van der Waals surface area contributed by atoms with E-state index in [1.165, 1.54) is 278 Å². The Bertz CT molecular complexity index is 7750. The fourth-order valence-corrected chi connectivity index (χ4v) is 24.2. The SMILES string of the molecule is Cc1ccc2c(-c3ccc(F)cc3)c3ccccc3c(-c3ccc4c(c3)C(C)(C)c3ccccc3-4)c2c1.Cc1ccc2c(-c3ccc4c(c3)C3(CCCCC3)c3ccccc3-4)c3ccccc3c(-c3ccc4c(c3)C(C)(C)c3ccccc3-4)c2c1.Cc1ccc2c(-c3cccc4c3CCCC4)c3ccccc3c(-c3ccc4c(c3)C(C)(C)c3ccccc3-4)c2c1. The maximum absolute atomic E-state index is 13.8. The molecule has 1 saturated carbocycles. The summed E-state index contributed by atoms with van der Waals surface area (Å²) in [5.74, 6) is -0.216. The Morgan fingerprint density at radius 3 is 0.920 bits per heavy atom. The van der Waals surface area contributed by atoms with Crippen molar-refractivity contribution in [2.45, 2.75) is 142 Å². The van der Waals surface area contributed by atoms with Crippen LogP contribution in [0.5, 0.6) is 0 Å². The third-order valence-electron chi connectivity index (χ3n) is 30.2. The highest BCUT2D eigenvalue weighted by Crippen LogP contribution is 2.60. The number of rotatable bonds is 6. The molecule has 1 fully saturated rings. The smallest absolute Gasteiger partial charge is 0.123 e. The highest BCUT2D eigenvalue weighted by molar-refractivity contribution is 6.25. The lowest BCUT2D eigenvalue weighted by Crippen LogP contribution is -2.28. The van der Waals surface area contributed by atoms with Crippen molar-refractivity contribution < 1.29 is 4.39 Å². The molecule has 604 valence electrons. The monoisotopic (exact) mass is 1610 g/mol. The molecule has 0 aromatic heterocycles. The van der Waals surface area contributed by atoms with Crippen molar-refractivity contribution in [3.8, 4) is 111 Å². The third kappa shape index (κ3) is 11.9. The molecule has 25 rings (SSSR count). The van der Waals surface area contributed by atoms with Gasteiger partial charge in [-0.15, -0.1) is 0 Å². The molecule has 0 atom stereocenters. The molecular weight excluding hydrogens is 1510 g/mol. The fraction of sp³-hybridized carbons (Fsp3) is 0.177. The van der Waals surface area contributed by atoms with Gasteiger partial charge in [0.1, 0.15) is 5.82 Å². The van der Waals surface area contributed by atoms with E-state index >= 15 is 0 Å². The minimum atomic E-state index is -0.216. The van der Waals surface area contributed by atoms with Gasteiger partial charge in [-0.05, 0) is 327 Å². The maximum atomic E-state index is 13.8. The number of fused-ring (bicyclic) bond motifs is 21. The summed E-state index contributed by atoms with van der Waals surface area (Å²) in [6, 6.07) is 127. The van der Waals surface area contributed by atoms with Crippen molar-refractivity contribution >= 4 is 64.6 Å². The van der Waals surface area contributed by atoms with Gasteiger partial charge in [0.2, 0.25) is 0 Å². The highest BCUT2D eigenvalue weighted by atomic mass is 19.1. The fourth-order valence-electron chi connectivity index (χ4n) is 24.2. The van der Waals surface area contributed by atoms with Gasteiger partial charge in [0.25, 0.3) is 0 Å². The predicted molar refractivity (Wildman–Crippen MR) is 530 cm³/mol. The van der Waals surface area contributed by atoms with E-state index in [-0.39, 0.29) is 27.5 Å². The van der Waals surface area contributed by atoms with Crippen LogP contribution in [-0.2, 0) is 34.5 Å². The zero-order valence-corrected chi connectivity index (χ0v) is 73.1. The summed E-state index contributed by atoms with van der Waals surface area (Å²) >= 11 is 0. The van der Waals surface area contributed by atoms with Gasteiger partial charge in [-0.3, -0.25) is 0 Å². The zero-order chi connectivity index (χ0) is 84.5. The highest BCUT2D eigenvalue weighted by Gasteiger charge is 2.45. The third-order valence-corrected chi connectivity index (χ3v) is 30.2. The van der Waals surface area contributed by atoms with Crippen LogP contribution in [0.2, 0.25) is 0 Å². The molecule has 0 amide bonds. The normalized spacial score (nSPS) is 15.2. The van der Waals surface area contributed by atoms with Crippen LogP contribution >= 0.6 is 0 Å². The number of aryl methyl sites for hydroxylation is 4. The van der Waals surface area contributed by atoms with Crippen molar-refractivity contribution in [2.75, 3.05) is 0 Å². The first-order chi connectivity index (χ1) is 60.9. The predicted octanol–water partition coefficient (Wildman–Crippen LogP) is 34.1. The van der Waals surface area contributed by atoms with Gasteiger partial charge in [-0.2, -0.15) is 0 Å². The molecule has 0 radical (unpaired) electrons. The Kier molecular flexibility index (Phi) is 17.9. The molecule has 19 aromatic carbocycles. The van der Waals surface area contributed by atoms with Crippen LogP contribution in [0, 0.1) is 26.6 Å². The van der Waals surface area contributed by atoms with Gasteiger partial charge >= 0.3 is 0 Å². The van der Waals surface area contributed by atoms with Crippen LogP contribution in [0.4, 0.5) is 4.39 Å². The van der Waals surface area contributed by atoms with E-state index in [4.69, 9.17) is 0 Å². The second-order valence-electron chi connectivity index (χ2n) is 38.4. The molecule has 0 unspecified atom stereocenters. The Morgan fingerprint density at radius 1 is 0.208 bits per heavy atom. The molecule has 19 aromatic rings. The van der Waals surface area contributed by atoms with Gasteiger partial charge in [-0.1, -0.05) is 381 Å². The summed E-state index contributed by atoms with van der Waals surface area (Å²) in [5, 5.41) is 15.6. The number of benzene rings is 19. The molecule has 6 aliphatic rings. The van der Waals surface area contributed by atoms with Crippen molar-refractivity contribution in [1.82, 2.24) is 0 Å². The van der Waals surface area contributed by atoms with Gasteiger partial charge in [0.05, 0.1) is 0 Å². The molecule has 0 aliphatic heterocycles. The average Bonchev–Trinajstić information content (AvgIpc) is 1.65. The first kappa shape index (κ1) is 76.5. The Morgan fingerprint density at radius 2 is 0.504 bits per heavy atom. The second kappa shape index (κ2) is 29.2. The van der Waals surface area contributed by atoms with E-state index in [2.05, 4.69) is 378 Å². The minimum Gasteiger partial charge on any atom is -0.207 e. The average molecular weight is 1610 g/mol. The molecule has 1 heteroatoms. The lowest BCUT2D eigenvalue weighted by atomic mass is 9.67. The van der Waals surface area contributed by atoms with Crippen LogP contribution in [0.3, 0.4) is 0 Å². The Labute approximate surface area is 734 Å². The summed E-state index contributed by atoms with van der Waals surface area (Å²) in [7, 11) is 0. The van der Waals surface area contributed by atoms with E-state index in [0.29, 0.717) is 0 Å². The quantitative estimate of drug-likeness (QED) is 0.146. The molecule has 125 heavy (non-hydrogen) atoms. The van der Waals surface area contributed by atoms with E-state index in [1.807, 2.05) is 12.1 Å². The number of halogens is 1. The van der Waals surface area contributed by atoms with Crippen molar-refractivity contribution in [1.29, 1.82) is 0 Å². The van der Waals surface area contributed by atoms with Gasteiger partial charge in [0.15, 0.2) is 0 Å². The summed E-state index contributed by atoms with van der Waals surface area (Å²) in [5.41, 5.74) is 45.1. The standard InChI is InChI=1S/C48H40.C40H34.C36H27F/c1-30-19-22-39-40(27-30)46(31-20-23-35-33-13-7-9-17-41(33)47(2,3)43(35)28-31)38-16-6-5-15-37(38)45(39)32-21-24-36-34-14-8-10-18-42(34)48(44(36)29-32)25-11-4-12-26-48;1-25-19-21-34-35(23-25)38(27-20-22-30-29-14-8-9-18-36(29)40(2,3)37(30)24-27)32-15-6-7-16-33(32)39(34)31-17-10-12-26-11-4-5-13-28(26)31;1-22-12-18-30-31(20-22)35(29-10-5-4-9-28(29)34(30)23-13-16-25(37)17-14-23)24-15-19-27-26-8-6-7-11-32(26)36(2,3)33(27)21-24/h5-10,13-24,27-29H,4,11-12,25-26H2,1-3H3;6-10,12,14-24H,4-5,11,13H2,1-3H3;4-21H,1-3H3. The van der Waals surface area contributed by atoms with E-state index in [9.17, 15) is 4.39 Å². The lowest BCUT2D eigenvalue weighted by Gasteiger charge is -2.36. The van der Waals surface area contributed by atoms with E-state index < -0.39 is 0 Å². The van der Waals surface area contributed by atoms with Crippen LogP contribution in [0.1, 0.15) is 159 Å². The molecule has 0 bridgehead atoms. The molecule has 0 heterocycles. The lowest BCUT2D eigenvalue weighted by molar-refractivity contribution is 0.353. The van der Waals surface area contributed by atoms with Crippen molar-refractivity contribution in [2.24, 2.45) is 0 Å². The van der Waals surface area contributed by atoms with Crippen molar-refractivity contribution in [3.05, 3.63) is 418 Å². The van der Waals surface area contributed by atoms with Gasteiger partial charge in [-0.25, -0.2) is 4.39 Å². The topological polar surface area (TPSA) is 0 Å². The van der Waals surface area contributed by atoms with Crippen LogP contribution in [-0.4, -0.2) is 0 Å². The summed E-state index contributed by atoms with van der Waals surface area (Å²) in [4.78, 5) is 0. The molecular formula is C124H101F. The van der Waals surface area contributed by atoms with Crippen LogP contribution in [0.25, 0.3) is 176 Å².